The van der Waals surface area contributed by atoms with Gasteiger partial charge in [0, 0.05) is 6.42 Å². The van der Waals surface area contributed by atoms with Gasteiger partial charge < -0.3 is 14.2 Å². The number of para-hydroxylation sites is 2. The molecule has 6 nitrogen and oxygen atoms in total. The summed E-state index contributed by atoms with van der Waals surface area (Å²) >= 11 is 7.39. The summed E-state index contributed by atoms with van der Waals surface area (Å²) in [7, 11) is 0. The molecule has 1 unspecified atom stereocenters. The van der Waals surface area contributed by atoms with Gasteiger partial charge in [0.1, 0.15) is 11.4 Å². The summed E-state index contributed by atoms with van der Waals surface area (Å²) in [5, 5.41) is -0.862. The van der Waals surface area contributed by atoms with Gasteiger partial charge in [-0.1, -0.05) is 92.2 Å². The topological polar surface area (TPSA) is 66.7 Å². The zero-order valence-electron chi connectivity index (χ0n) is 28.3. The average molecular weight is 638 g/mol. The molecule has 0 N–H and O–H groups in total. The van der Waals surface area contributed by atoms with Crippen molar-refractivity contribution in [3.05, 3.63) is 30.2 Å². The molecule has 8 heteroatoms. The second-order valence-electron chi connectivity index (χ2n) is 11.3. The summed E-state index contributed by atoms with van der Waals surface area (Å²) in [6, 6.07) is 7.13. The van der Waals surface area contributed by atoms with Gasteiger partial charge in [-0.2, -0.15) is 0 Å². The van der Waals surface area contributed by atoms with Crippen LogP contribution < -0.4 is 0 Å². The molecule has 43 heavy (non-hydrogen) atoms. The molecule has 0 aliphatic rings. The van der Waals surface area contributed by atoms with E-state index in [9.17, 15) is 9.59 Å². The number of hydrogen-bond acceptors (Lipinski definition) is 6. The minimum Gasteiger partial charge on any atom is -0.440 e. The van der Waals surface area contributed by atoms with Crippen molar-refractivity contribution < 1.29 is 14.0 Å². The van der Waals surface area contributed by atoms with Gasteiger partial charge in [-0.15, -0.1) is 25.3 Å². The summed E-state index contributed by atoms with van der Waals surface area (Å²) in [5.41, 5.74) is 1.22. The molecule has 1 atom stereocenters. The Morgan fingerprint density at radius 2 is 1.05 bits per heavy atom. The number of carbonyl (C=O) groups is 2. The first-order chi connectivity index (χ1) is 20.8. The third kappa shape index (κ3) is 21.1. The second kappa shape index (κ2) is 28.1. The number of oxazole rings is 1. The van der Waals surface area contributed by atoms with E-state index in [1.165, 1.54) is 116 Å². The molecule has 1 aromatic carbocycles. The number of carbonyl (C=O) groups excluding carboxylic acids is 2. The van der Waals surface area contributed by atoms with Crippen molar-refractivity contribution >= 4 is 46.6 Å². The van der Waals surface area contributed by atoms with Crippen LogP contribution in [0, 0.1) is 0 Å². The zero-order valence-corrected chi connectivity index (χ0v) is 30.1. The predicted molar refractivity (Wildman–Crippen MR) is 192 cm³/mol. The Balaban J connectivity index is 0.000000627. The summed E-state index contributed by atoms with van der Waals surface area (Å²) < 4.78 is 5.43. The molecule has 0 saturated heterocycles. The Kier molecular flexibility index (Phi) is 27.3. The van der Waals surface area contributed by atoms with Gasteiger partial charge in [0.25, 0.3) is 0 Å². The highest BCUT2D eigenvalue weighted by Gasteiger charge is 2.25. The SMILES string of the molecule is CCCCN(CCCC)CCCC.CCCCN(CCCC)CCCC.O=C(S)CC(C(=O)S)c1nc2ccccc2o1. The second-order valence-corrected chi connectivity index (χ2v) is 12.3. The highest BCUT2D eigenvalue weighted by atomic mass is 32.1. The van der Waals surface area contributed by atoms with Crippen LogP contribution >= 0.6 is 25.3 Å². The van der Waals surface area contributed by atoms with E-state index in [1.807, 2.05) is 6.07 Å². The van der Waals surface area contributed by atoms with E-state index in [0.29, 0.717) is 11.1 Å². The lowest BCUT2D eigenvalue weighted by Crippen LogP contribution is -2.27. The van der Waals surface area contributed by atoms with Crippen LogP contribution in [0.3, 0.4) is 0 Å². The molecule has 0 fully saturated rings. The van der Waals surface area contributed by atoms with Crippen LogP contribution in [0.4, 0.5) is 0 Å². The Hall–Kier alpha value is -1.35. The van der Waals surface area contributed by atoms with E-state index >= 15 is 0 Å². The predicted octanol–water partition coefficient (Wildman–Crippen LogP) is 9.59. The Morgan fingerprint density at radius 1 is 0.674 bits per heavy atom. The zero-order chi connectivity index (χ0) is 32.3. The lowest BCUT2D eigenvalue weighted by atomic mass is 10.1. The molecule has 0 amide bonds. The van der Waals surface area contributed by atoms with Crippen molar-refractivity contribution in [2.75, 3.05) is 39.3 Å². The number of unbranched alkanes of at least 4 members (excludes halogenated alkanes) is 6. The molecule has 1 aromatic heterocycles. The monoisotopic (exact) mass is 637 g/mol. The maximum atomic E-state index is 11.3. The van der Waals surface area contributed by atoms with Crippen molar-refractivity contribution in [3.8, 4) is 0 Å². The summed E-state index contributed by atoms with van der Waals surface area (Å²) in [5.74, 6) is -0.579. The fourth-order valence-electron chi connectivity index (χ4n) is 4.46. The first-order valence-electron chi connectivity index (χ1n) is 17.0. The van der Waals surface area contributed by atoms with E-state index < -0.39 is 16.1 Å². The molecule has 248 valence electrons. The molecule has 2 aromatic rings. The average Bonchev–Trinajstić information content (AvgIpc) is 3.43. The Bertz CT molecular complexity index is 858. The molecule has 0 spiro atoms. The van der Waals surface area contributed by atoms with Crippen molar-refractivity contribution in [1.29, 1.82) is 0 Å². The largest absolute Gasteiger partial charge is 0.440 e. The smallest absolute Gasteiger partial charge is 0.207 e. The summed E-state index contributed by atoms with van der Waals surface area (Å²) in [6.07, 6.45) is 16.1. The number of aromatic nitrogens is 1. The van der Waals surface area contributed by atoms with Gasteiger partial charge in [0.15, 0.2) is 15.8 Å². The minimum atomic E-state index is -0.782. The minimum absolute atomic E-state index is 0.0712. The van der Waals surface area contributed by atoms with Crippen LogP contribution in [0.5, 0.6) is 0 Å². The van der Waals surface area contributed by atoms with E-state index in [2.05, 4.69) is 81.6 Å². The third-order valence-corrected chi connectivity index (χ3v) is 7.75. The molecule has 1 heterocycles. The fourth-order valence-corrected chi connectivity index (χ4v) is 4.84. The van der Waals surface area contributed by atoms with Crippen LogP contribution in [0.2, 0.25) is 0 Å². The molecule has 0 aliphatic heterocycles. The molecule has 0 radical (unpaired) electrons. The van der Waals surface area contributed by atoms with Crippen LogP contribution in [-0.4, -0.2) is 64.3 Å². The van der Waals surface area contributed by atoms with Gasteiger partial charge in [-0.3, -0.25) is 9.59 Å². The molecule has 0 saturated carbocycles. The van der Waals surface area contributed by atoms with E-state index in [1.54, 1.807) is 18.2 Å². The van der Waals surface area contributed by atoms with Gasteiger partial charge in [0.05, 0.1) is 0 Å². The summed E-state index contributed by atoms with van der Waals surface area (Å²) in [4.78, 5) is 31.7. The standard InChI is InChI=1S/2C12H27N.C11H9NO3S2/c2*1-4-7-10-13(11-8-5-2)12-9-6-3;13-9(16)5-6(11(14)17)10-12-7-3-1-2-4-8(7)15-10/h2*4-12H2,1-3H3;1-4,6H,5H2,(H,13,16)(H,14,17). The maximum absolute atomic E-state index is 11.3. The Labute approximate surface area is 275 Å². The maximum Gasteiger partial charge on any atom is 0.207 e. The first-order valence-corrected chi connectivity index (χ1v) is 17.9. The van der Waals surface area contributed by atoms with Crippen molar-refractivity contribution in [1.82, 2.24) is 14.8 Å². The first kappa shape index (κ1) is 41.7. The Morgan fingerprint density at radius 3 is 1.35 bits per heavy atom. The fraction of sp³-hybridized carbons (Fsp3) is 0.743. The third-order valence-electron chi connectivity index (χ3n) is 7.25. The normalized spacial score (nSPS) is 11.7. The van der Waals surface area contributed by atoms with E-state index in [0.717, 1.165) is 0 Å². The number of hydrogen-bond donors (Lipinski definition) is 2. The lowest BCUT2D eigenvalue weighted by molar-refractivity contribution is -0.117. The number of thiol groups is 2. The number of fused-ring (bicyclic) bond motifs is 1. The molecule has 0 bridgehead atoms. The van der Waals surface area contributed by atoms with Crippen molar-refractivity contribution in [2.24, 2.45) is 0 Å². The van der Waals surface area contributed by atoms with Crippen LogP contribution in [0.15, 0.2) is 28.7 Å². The van der Waals surface area contributed by atoms with Crippen LogP contribution in [0.25, 0.3) is 11.1 Å². The van der Waals surface area contributed by atoms with Crippen molar-refractivity contribution in [3.63, 3.8) is 0 Å². The number of benzene rings is 1. The highest BCUT2D eigenvalue weighted by molar-refractivity contribution is 7.97. The quantitative estimate of drug-likeness (QED) is 0.125. The van der Waals surface area contributed by atoms with Crippen LogP contribution in [0.1, 0.15) is 137 Å². The summed E-state index contributed by atoms with van der Waals surface area (Å²) in [6.45, 7) is 21.5. The molecular formula is C35H63N3O3S2. The van der Waals surface area contributed by atoms with Gasteiger partial charge in [-0.05, 0) is 89.9 Å². The van der Waals surface area contributed by atoms with Gasteiger partial charge in [-0.25, -0.2) is 4.98 Å². The van der Waals surface area contributed by atoms with E-state index in [-0.39, 0.29) is 12.3 Å². The van der Waals surface area contributed by atoms with Crippen molar-refractivity contribution in [2.45, 2.75) is 131 Å². The van der Waals surface area contributed by atoms with Gasteiger partial charge in [0.2, 0.25) is 5.89 Å². The number of nitrogens with zero attached hydrogens (tertiary/aromatic N) is 3. The highest BCUT2D eigenvalue weighted by Crippen LogP contribution is 2.26. The number of rotatable bonds is 22. The molecule has 0 aliphatic carbocycles. The van der Waals surface area contributed by atoms with Gasteiger partial charge >= 0.3 is 0 Å². The lowest BCUT2D eigenvalue weighted by Gasteiger charge is -2.21. The molecular weight excluding hydrogens is 575 g/mol. The van der Waals surface area contributed by atoms with E-state index in [4.69, 9.17) is 4.42 Å². The molecule has 2 rings (SSSR count). The van der Waals surface area contributed by atoms with Crippen LogP contribution in [-0.2, 0) is 9.59 Å².